The highest BCUT2D eigenvalue weighted by Gasteiger charge is 2.20. The molecule has 1 unspecified atom stereocenters. The van der Waals surface area contributed by atoms with E-state index in [9.17, 15) is 8.78 Å². The molecule has 10 heteroatoms. The molecular weight excluding hydrogens is 438 g/mol. The van der Waals surface area contributed by atoms with Crippen molar-refractivity contribution in [3.63, 3.8) is 0 Å². The average Bonchev–Trinajstić information content (AvgIpc) is 3.02. The van der Waals surface area contributed by atoms with Crippen LogP contribution in [-0.4, -0.2) is 47.9 Å². The van der Waals surface area contributed by atoms with Gasteiger partial charge in [0.25, 0.3) is 0 Å². The van der Waals surface area contributed by atoms with Crippen LogP contribution in [0.25, 0.3) is 0 Å². The van der Waals surface area contributed by atoms with Crippen molar-refractivity contribution in [2.45, 2.75) is 38.7 Å². The molecule has 0 radical (unpaired) electrons. The van der Waals surface area contributed by atoms with E-state index in [2.05, 4.69) is 26.0 Å². The van der Waals surface area contributed by atoms with Crippen molar-refractivity contribution in [1.82, 2.24) is 14.8 Å². The first-order valence-electron chi connectivity index (χ1n) is 9.13. The Kier molecular flexibility index (Phi) is 7.72. The highest BCUT2D eigenvalue weighted by molar-refractivity contribution is 9.10. The quantitative estimate of drug-likeness (QED) is 0.527. The minimum Gasteiger partial charge on any atom is -0.362 e. The summed E-state index contributed by atoms with van der Waals surface area (Å²) in [6, 6.07) is 3.35. The lowest BCUT2D eigenvalue weighted by molar-refractivity contribution is -0.162. The Balaban J connectivity index is 1.74. The molecule has 1 saturated heterocycles. The van der Waals surface area contributed by atoms with Crippen molar-refractivity contribution < 1.29 is 23.0 Å². The van der Waals surface area contributed by atoms with E-state index < -0.39 is 11.6 Å². The largest absolute Gasteiger partial charge is 0.362 e. The summed E-state index contributed by atoms with van der Waals surface area (Å²) in [6.45, 7) is 1.74. The molecule has 3 rings (SSSR count). The number of ether oxygens (including phenoxy) is 3. The van der Waals surface area contributed by atoms with Crippen LogP contribution >= 0.6 is 15.9 Å². The SMILES string of the molecule is COCn1nc(Br)nc1N(CCCOC1CCCCO1)c1cc(F)cc(F)c1. The van der Waals surface area contributed by atoms with Crippen LogP contribution in [0.2, 0.25) is 0 Å². The van der Waals surface area contributed by atoms with E-state index in [1.807, 2.05) is 0 Å². The third-order valence-electron chi connectivity index (χ3n) is 4.25. The summed E-state index contributed by atoms with van der Waals surface area (Å²) >= 11 is 3.24. The number of rotatable bonds is 9. The molecule has 0 amide bonds. The van der Waals surface area contributed by atoms with Gasteiger partial charge in [0.15, 0.2) is 6.29 Å². The van der Waals surface area contributed by atoms with Gasteiger partial charge in [-0.3, -0.25) is 0 Å². The lowest BCUT2D eigenvalue weighted by atomic mass is 10.2. The molecule has 0 bridgehead atoms. The number of aromatic nitrogens is 3. The molecule has 2 aromatic rings. The summed E-state index contributed by atoms with van der Waals surface area (Å²) in [5.74, 6) is -0.917. The minimum atomic E-state index is -0.663. The van der Waals surface area contributed by atoms with Crippen LogP contribution in [0.5, 0.6) is 0 Å². The molecule has 2 heterocycles. The van der Waals surface area contributed by atoms with Gasteiger partial charge in [0.05, 0.1) is 6.61 Å². The number of halogens is 3. The first-order valence-corrected chi connectivity index (χ1v) is 9.92. The van der Waals surface area contributed by atoms with Crippen LogP contribution in [0.4, 0.5) is 20.4 Å². The first-order chi connectivity index (χ1) is 13.6. The van der Waals surface area contributed by atoms with Crippen molar-refractivity contribution in [3.05, 3.63) is 34.6 Å². The molecule has 154 valence electrons. The highest BCUT2D eigenvalue weighted by atomic mass is 79.9. The Morgan fingerprint density at radius 2 is 2.07 bits per heavy atom. The van der Waals surface area contributed by atoms with E-state index in [1.54, 1.807) is 4.90 Å². The Bertz CT molecular complexity index is 751. The van der Waals surface area contributed by atoms with E-state index >= 15 is 0 Å². The number of hydrogen-bond donors (Lipinski definition) is 0. The third kappa shape index (κ3) is 5.69. The summed E-state index contributed by atoms with van der Waals surface area (Å²) in [5.41, 5.74) is 0.337. The van der Waals surface area contributed by atoms with Gasteiger partial charge in [-0.15, -0.1) is 5.10 Å². The maximum absolute atomic E-state index is 13.8. The fourth-order valence-electron chi connectivity index (χ4n) is 3.04. The molecule has 0 spiro atoms. The lowest BCUT2D eigenvalue weighted by Gasteiger charge is -2.25. The topological polar surface area (TPSA) is 61.6 Å². The molecule has 1 atom stereocenters. The highest BCUT2D eigenvalue weighted by Crippen LogP contribution is 2.27. The van der Waals surface area contributed by atoms with Crippen molar-refractivity contribution in [2.24, 2.45) is 0 Å². The molecule has 1 aliphatic rings. The van der Waals surface area contributed by atoms with E-state index in [0.29, 0.717) is 42.5 Å². The number of anilines is 2. The average molecular weight is 461 g/mol. The van der Waals surface area contributed by atoms with Crippen LogP contribution in [0.15, 0.2) is 22.9 Å². The third-order valence-corrected chi connectivity index (χ3v) is 4.58. The maximum Gasteiger partial charge on any atom is 0.231 e. The minimum absolute atomic E-state index is 0.147. The summed E-state index contributed by atoms with van der Waals surface area (Å²) in [6.07, 6.45) is 3.46. The number of methoxy groups -OCH3 is 1. The van der Waals surface area contributed by atoms with Crippen molar-refractivity contribution in [1.29, 1.82) is 0 Å². The van der Waals surface area contributed by atoms with Crippen LogP contribution < -0.4 is 4.90 Å². The predicted octanol–water partition coefficient (Wildman–Crippen LogP) is 3.99. The Hall–Kier alpha value is -1.62. The zero-order chi connectivity index (χ0) is 19.9. The number of nitrogens with zero attached hydrogens (tertiary/aromatic N) is 4. The summed E-state index contributed by atoms with van der Waals surface area (Å²) in [7, 11) is 1.53. The van der Waals surface area contributed by atoms with Crippen molar-refractivity contribution in [3.8, 4) is 0 Å². The van der Waals surface area contributed by atoms with Crippen LogP contribution in [-0.2, 0) is 20.9 Å². The lowest BCUT2D eigenvalue weighted by Crippen LogP contribution is -2.26. The van der Waals surface area contributed by atoms with Gasteiger partial charge in [0.2, 0.25) is 10.7 Å². The second kappa shape index (κ2) is 10.2. The van der Waals surface area contributed by atoms with E-state index in [0.717, 1.165) is 25.3 Å². The van der Waals surface area contributed by atoms with Gasteiger partial charge in [0.1, 0.15) is 18.4 Å². The zero-order valence-corrected chi connectivity index (χ0v) is 17.2. The smallest absolute Gasteiger partial charge is 0.231 e. The van der Waals surface area contributed by atoms with Gasteiger partial charge in [-0.1, -0.05) is 0 Å². The van der Waals surface area contributed by atoms with Crippen molar-refractivity contribution in [2.75, 3.05) is 31.8 Å². The van der Waals surface area contributed by atoms with Gasteiger partial charge in [-0.25, -0.2) is 13.5 Å². The van der Waals surface area contributed by atoms with Gasteiger partial charge in [0, 0.05) is 32.0 Å². The summed E-state index contributed by atoms with van der Waals surface area (Å²) in [4.78, 5) is 6.03. The normalized spacial score (nSPS) is 17.1. The molecule has 0 saturated carbocycles. The zero-order valence-electron chi connectivity index (χ0n) is 15.6. The Labute approximate surface area is 170 Å². The second-order valence-corrected chi connectivity index (χ2v) is 7.11. The van der Waals surface area contributed by atoms with E-state index in [-0.39, 0.29) is 13.0 Å². The molecule has 1 fully saturated rings. The molecule has 0 N–H and O–H groups in total. The van der Waals surface area contributed by atoms with Gasteiger partial charge >= 0.3 is 0 Å². The van der Waals surface area contributed by atoms with Gasteiger partial charge < -0.3 is 19.1 Å². The molecule has 1 aromatic heterocycles. The number of benzene rings is 1. The summed E-state index contributed by atoms with van der Waals surface area (Å²) in [5, 5.41) is 4.21. The number of hydrogen-bond acceptors (Lipinski definition) is 6. The van der Waals surface area contributed by atoms with Gasteiger partial charge in [-0.05, 0) is 53.7 Å². The molecule has 7 nitrogen and oxygen atoms in total. The predicted molar refractivity (Wildman–Crippen MR) is 102 cm³/mol. The molecule has 0 aliphatic carbocycles. The molecule has 28 heavy (non-hydrogen) atoms. The molecule has 1 aliphatic heterocycles. The fraction of sp³-hybridized carbons (Fsp3) is 0.556. The van der Waals surface area contributed by atoms with Crippen LogP contribution in [0.1, 0.15) is 25.7 Å². The first kappa shape index (κ1) is 21.1. The molecule has 1 aromatic carbocycles. The van der Waals surface area contributed by atoms with E-state index in [1.165, 1.54) is 23.9 Å². The monoisotopic (exact) mass is 460 g/mol. The standard InChI is InChI=1S/C18H23BrF2N4O3/c1-26-12-25-18(22-17(19)23-25)24(15-10-13(20)9-14(21)11-15)6-4-8-28-16-5-2-3-7-27-16/h9-11,16H,2-8,12H2,1H3. The Morgan fingerprint density at radius 3 is 2.75 bits per heavy atom. The van der Waals surface area contributed by atoms with Crippen LogP contribution in [0, 0.1) is 11.6 Å². The van der Waals surface area contributed by atoms with Gasteiger partial charge in [-0.2, -0.15) is 4.98 Å². The summed E-state index contributed by atoms with van der Waals surface area (Å²) < 4.78 is 45.9. The Morgan fingerprint density at radius 1 is 1.29 bits per heavy atom. The fourth-order valence-corrected chi connectivity index (χ4v) is 3.39. The molecular formula is C18H23BrF2N4O3. The van der Waals surface area contributed by atoms with Crippen molar-refractivity contribution >= 4 is 27.6 Å². The maximum atomic E-state index is 13.8. The van der Waals surface area contributed by atoms with Crippen LogP contribution in [0.3, 0.4) is 0 Å². The van der Waals surface area contributed by atoms with E-state index in [4.69, 9.17) is 14.2 Å². The second-order valence-electron chi connectivity index (χ2n) is 6.40.